The summed E-state index contributed by atoms with van der Waals surface area (Å²) in [6.45, 7) is 0.779. The number of benzene rings is 2. The summed E-state index contributed by atoms with van der Waals surface area (Å²) in [5.74, 6) is 1.38. The average molecular weight is 438 g/mol. The van der Waals surface area contributed by atoms with Crippen molar-refractivity contribution in [1.29, 1.82) is 0 Å². The van der Waals surface area contributed by atoms with Crippen molar-refractivity contribution in [2.45, 2.75) is 31.7 Å². The van der Waals surface area contributed by atoms with Gasteiger partial charge in [-0.15, -0.1) is 11.3 Å². The zero-order valence-electron chi connectivity index (χ0n) is 16.3. The normalized spacial score (nSPS) is 16.4. The molecule has 30 heavy (non-hydrogen) atoms. The minimum absolute atomic E-state index is 0.0732. The Morgan fingerprint density at radius 1 is 1.20 bits per heavy atom. The minimum atomic E-state index is 0.0732. The summed E-state index contributed by atoms with van der Waals surface area (Å²) in [6.07, 6.45) is 4.53. The molecular formula is C23H20ClN3O2S. The highest BCUT2D eigenvalue weighted by atomic mass is 35.5. The standard InChI is InChI=1S/C23H20ClN3O2S/c24-16-9-7-15(8-10-16)19-14-25-21(29-19)11-12-22(28)27-13-3-5-18(27)23-26-17-4-1-2-6-20(17)30-23/h1-2,4,6-10,14,18H,3,5,11-13H2/t18-/m0/s1. The molecule has 152 valence electrons. The van der Waals surface area contributed by atoms with Gasteiger partial charge in [0.25, 0.3) is 0 Å². The van der Waals surface area contributed by atoms with Crippen molar-refractivity contribution in [3.8, 4) is 11.3 Å². The van der Waals surface area contributed by atoms with Gasteiger partial charge in [-0.25, -0.2) is 9.97 Å². The summed E-state index contributed by atoms with van der Waals surface area (Å²) in [5.41, 5.74) is 1.92. The molecule has 3 heterocycles. The van der Waals surface area contributed by atoms with Gasteiger partial charge >= 0.3 is 0 Å². The van der Waals surface area contributed by atoms with Crippen LogP contribution in [0.2, 0.25) is 5.02 Å². The van der Waals surface area contributed by atoms with Crippen LogP contribution in [0.5, 0.6) is 0 Å². The van der Waals surface area contributed by atoms with Gasteiger partial charge in [0, 0.05) is 30.0 Å². The van der Waals surface area contributed by atoms with Gasteiger partial charge in [0.05, 0.1) is 22.5 Å². The molecule has 1 aliphatic heterocycles. The molecule has 0 bridgehead atoms. The third-order valence-corrected chi connectivity index (χ3v) is 6.79. The van der Waals surface area contributed by atoms with Crippen LogP contribution in [0, 0.1) is 0 Å². The van der Waals surface area contributed by atoms with Gasteiger partial charge in [0.2, 0.25) is 5.91 Å². The topological polar surface area (TPSA) is 59.2 Å². The summed E-state index contributed by atoms with van der Waals surface area (Å²) < 4.78 is 7.01. The molecule has 1 saturated heterocycles. The third-order valence-electron chi connectivity index (χ3n) is 5.40. The second-order valence-corrected chi connectivity index (χ2v) is 8.89. The van der Waals surface area contributed by atoms with Crippen molar-refractivity contribution in [3.05, 3.63) is 70.6 Å². The molecular weight excluding hydrogens is 418 g/mol. The van der Waals surface area contributed by atoms with Crippen LogP contribution in [0.25, 0.3) is 21.5 Å². The van der Waals surface area contributed by atoms with Crippen molar-refractivity contribution in [2.24, 2.45) is 0 Å². The van der Waals surface area contributed by atoms with Gasteiger partial charge in [-0.2, -0.15) is 0 Å². The molecule has 2 aromatic carbocycles. The molecule has 1 atom stereocenters. The molecule has 4 aromatic rings. The third kappa shape index (κ3) is 3.85. The molecule has 7 heteroatoms. The Labute approximate surface area is 183 Å². The molecule has 0 spiro atoms. The number of carbonyl (C=O) groups excluding carboxylic acids is 1. The lowest BCUT2D eigenvalue weighted by Crippen LogP contribution is -2.30. The van der Waals surface area contributed by atoms with Crippen LogP contribution >= 0.6 is 22.9 Å². The van der Waals surface area contributed by atoms with Crippen molar-refractivity contribution < 1.29 is 9.21 Å². The van der Waals surface area contributed by atoms with Crippen LogP contribution in [-0.2, 0) is 11.2 Å². The summed E-state index contributed by atoms with van der Waals surface area (Å²) in [5, 5.41) is 1.71. The van der Waals surface area contributed by atoms with Crippen LogP contribution in [0.15, 0.2) is 59.1 Å². The Balaban J connectivity index is 1.25. The fourth-order valence-corrected chi connectivity index (χ4v) is 5.13. The number of carbonyl (C=O) groups is 1. The largest absolute Gasteiger partial charge is 0.441 e. The lowest BCUT2D eigenvalue weighted by molar-refractivity contribution is -0.132. The maximum Gasteiger partial charge on any atom is 0.223 e. The van der Waals surface area contributed by atoms with E-state index in [9.17, 15) is 4.79 Å². The van der Waals surface area contributed by atoms with E-state index in [0.29, 0.717) is 29.5 Å². The van der Waals surface area contributed by atoms with Crippen molar-refractivity contribution in [3.63, 3.8) is 0 Å². The lowest BCUT2D eigenvalue weighted by atomic mass is 10.2. The number of aromatic nitrogens is 2. The Hall–Kier alpha value is -2.70. The number of likely N-dealkylation sites (tertiary alicyclic amines) is 1. The number of rotatable bonds is 5. The number of halogens is 1. The zero-order valence-corrected chi connectivity index (χ0v) is 17.8. The molecule has 0 radical (unpaired) electrons. The smallest absolute Gasteiger partial charge is 0.223 e. The molecule has 0 saturated carbocycles. The van der Waals surface area contributed by atoms with Gasteiger partial charge in [-0.1, -0.05) is 23.7 Å². The Kier molecular flexibility index (Phi) is 5.27. The number of amides is 1. The number of hydrogen-bond acceptors (Lipinski definition) is 5. The SMILES string of the molecule is O=C(CCc1ncc(-c2ccc(Cl)cc2)o1)N1CCC[C@H]1c1nc2ccccc2s1. The molecule has 0 N–H and O–H groups in total. The van der Waals surface area contributed by atoms with Crippen molar-refractivity contribution >= 4 is 39.1 Å². The molecule has 2 aromatic heterocycles. The summed E-state index contributed by atoms with van der Waals surface area (Å²) in [7, 11) is 0. The van der Waals surface area contributed by atoms with E-state index < -0.39 is 0 Å². The number of fused-ring (bicyclic) bond motifs is 1. The fourth-order valence-electron chi connectivity index (χ4n) is 3.89. The first kappa shape index (κ1) is 19.3. The van der Waals surface area contributed by atoms with Crippen LogP contribution < -0.4 is 0 Å². The van der Waals surface area contributed by atoms with Gasteiger partial charge in [-0.05, 0) is 49.2 Å². The first-order chi connectivity index (χ1) is 14.7. The quantitative estimate of drug-likeness (QED) is 0.390. The van der Waals surface area contributed by atoms with E-state index in [-0.39, 0.29) is 11.9 Å². The number of oxazole rings is 1. The maximum absolute atomic E-state index is 13.0. The summed E-state index contributed by atoms with van der Waals surface area (Å²) in [6, 6.07) is 15.6. The van der Waals surface area contributed by atoms with Crippen LogP contribution in [-0.4, -0.2) is 27.3 Å². The molecule has 1 amide bonds. The zero-order chi connectivity index (χ0) is 20.5. The number of para-hydroxylation sites is 1. The Morgan fingerprint density at radius 2 is 2.03 bits per heavy atom. The fraction of sp³-hybridized carbons (Fsp3) is 0.261. The Morgan fingerprint density at radius 3 is 2.87 bits per heavy atom. The maximum atomic E-state index is 13.0. The average Bonchev–Trinajstić information content (AvgIpc) is 3.51. The molecule has 0 aliphatic carbocycles. The lowest BCUT2D eigenvalue weighted by Gasteiger charge is -2.22. The molecule has 1 fully saturated rings. The first-order valence-corrected chi connectivity index (χ1v) is 11.2. The highest BCUT2D eigenvalue weighted by Crippen LogP contribution is 2.36. The van der Waals surface area contributed by atoms with Gasteiger partial charge in [0.15, 0.2) is 11.7 Å². The molecule has 5 nitrogen and oxygen atoms in total. The van der Waals surface area contributed by atoms with E-state index >= 15 is 0 Å². The number of nitrogens with zero attached hydrogens (tertiary/aromatic N) is 3. The number of hydrogen-bond donors (Lipinski definition) is 0. The van der Waals surface area contributed by atoms with Crippen LogP contribution in [0.3, 0.4) is 0 Å². The van der Waals surface area contributed by atoms with Gasteiger partial charge in [-0.3, -0.25) is 4.79 Å². The Bertz CT molecular complexity index is 1150. The van der Waals surface area contributed by atoms with E-state index in [2.05, 4.69) is 11.1 Å². The second-order valence-electron chi connectivity index (χ2n) is 7.39. The summed E-state index contributed by atoms with van der Waals surface area (Å²) in [4.78, 5) is 24.0. The van der Waals surface area contributed by atoms with E-state index in [1.807, 2.05) is 47.4 Å². The number of aryl methyl sites for hydroxylation is 1. The summed E-state index contributed by atoms with van der Waals surface area (Å²) >= 11 is 7.62. The minimum Gasteiger partial charge on any atom is -0.441 e. The monoisotopic (exact) mass is 437 g/mol. The van der Waals surface area contributed by atoms with Crippen LogP contribution in [0.4, 0.5) is 0 Å². The van der Waals surface area contributed by atoms with Gasteiger partial charge < -0.3 is 9.32 Å². The second kappa shape index (κ2) is 8.20. The van der Waals surface area contributed by atoms with Crippen LogP contribution in [0.1, 0.15) is 36.2 Å². The predicted octanol–water partition coefficient (Wildman–Crippen LogP) is 5.90. The highest BCUT2D eigenvalue weighted by molar-refractivity contribution is 7.18. The van der Waals surface area contributed by atoms with E-state index in [1.165, 1.54) is 4.70 Å². The molecule has 1 aliphatic rings. The molecule has 0 unspecified atom stereocenters. The number of thiazole rings is 1. The first-order valence-electron chi connectivity index (χ1n) is 10.0. The van der Waals surface area contributed by atoms with Crippen molar-refractivity contribution in [1.82, 2.24) is 14.9 Å². The van der Waals surface area contributed by atoms with Crippen molar-refractivity contribution in [2.75, 3.05) is 6.54 Å². The molecule has 5 rings (SSSR count). The van der Waals surface area contributed by atoms with E-state index in [0.717, 1.165) is 35.5 Å². The van der Waals surface area contributed by atoms with E-state index in [4.69, 9.17) is 21.0 Å². The van der Waals surface area contributed by atoms with E-state index in [1.54, 1.807) is 17.5 Å². The van der Waals surface area contributed by atoms with Gasteiger partial charge in [0.1, 0.15) is 5.01 Å². The predicted molar refractivity (Wildman–Crippen MR) is 119 cm³/mol. The highest BCUT2D eigenvalue weighted by Gasteiger charge is 2.32.